The third-order valence-corrected chi connectivity index (χ3v) is 5.56. The molecule has 156 valence electrons. The Morgan fingerprint density at radius 1 is 1.00 bits per heavy atom. The second kappa shape index (κ2) is 11.6. The van der Waals surface area contributed by atoms with E-state index in [0.717, 1.165) is 56.3 Å². The smallest absolute Gasteiger partial charge is 0.407 e. The summed E-state index contributed by atoms with van der Waals surface area (Å²) in [5.41, 5.74) is 2.15. The molecular weight excluding hydrogens is 367 g/mol. The van der Waals surface area contributed by atoms with Crippen LogP contribution in [0.2, 0.25) is 0 Å². The molecule has 0 bridgehead atoms. The Morgan fingerprint density at radius 2 is 1.76 bits per heavy atom. The Morgan fingerprint density at radius 3 is 2.55 bits per heavy atom. The van der Waals surface area contributed by atoms with Crippen LogP contribution in [0.15, 0.2) is 54.6 Å². The number of hydrogen-bond acceptors (Lipinski definition) is 3. The summed E-state index contributed by atoms with van der Waals surface area (Å²) in [7, 11) is 0. The summed E-state index contributed by atoms with van der Waals surface area (Å²) in [5.74, 6) is 0.240. The minimum absolute atomic E-state index is 0.164. The second-order valence-electron chi connectivity index (χ2n) is 7.79. The van der Waals surface area contributed by atoms with E-state index in [-0.39, 0.29) is 18.0 Å². The second-order valence-corrected chi connectivity index (χ2v) is 7.79. The van der Waals surface area contributed by atoms with Crippen LogP contribution in [0.25, 0.3) is 0 Å². The van der Waals surface area contributed by atoms with Gasteiger partial charge in [-0.3, -0.25) is 0 Å². The van der Waals surface area contributed by atoms with E-state index >= 15 is 0 Å². The number of carbonyl (C=O) groups excluding carboxylic acids is 1. The zero-order chi connectivity index (χ0) is 20.3. The van der Waals surface area contributed by atoms with E-state index in [1.807, 2.05) is 42.5 Å². The van der Waals surface area contributed by atoms with Crippen LogP contribution in [0, 0.1) is 11.7 Å². The first kappa shape index (κ1) is 21.3. The van der Waals surface area contributed by atoms with Crippen molar-refractivity contribution in [2.24, 2.45) is 5.92 Å². The van der Waals surface area contributed by atoms with Crippen LogP contribution < -0.4 is 10.6 Å². The molecule has 0 aromatic heterocycles. The van der Waals surface area contributed by atoms with E-state index in [0.29, 0.717) is 12.5 Å². The molecule has 4 nitrogen and oxygen atoms in total. The summed E-state index contributed by atoms with van der Waals surface area (Å²) in [6, 6.07) is 16.6. The highest BCUT2D eigenvalue weighted by atomic mass is 19.1. The maximum absolute atomic E-state index is 12.9. The zero-order valence-electron chi connectivity index (χ0n) is 16.9. The van der Waals surface area contributed by atoms with Crippen molar-refractivity contribution in [3.63, 3.8) is 0 Å². The number of aryl methyl sites for hydroxylation is 1. The maximum Gasteiger partial charge on any atom is 0.407 e. The van der Waals surface area contributed by atoms with Crippen LogP contribution in [0.4, 0.5) is 9.18 Å². The zero-order valence-corrected chi connectivity index (χ0v) is 16.9. The molecule has 0 heterocycles. The van der Waals surface area contributed by atoms with Gasteiger partial charge in [0.2, 0.25) is 0 Å². The summed E-state index contributed by atoms with van der Waals surface area (Å²) in [6.07, 6.45) is 6.09. The highest BCUT2D eigenvalue weighted by Gasteiger charge is 2.26. The average molecular weight is 399 g/mol. The standard InChI is InChI=1S/C24H31FN2O2/c25-22-14-12-19(13-15-22)9-6-16-26-17-21-10-4-5-11-23(21)27-24(28)29-18-20-7-2-1-3-8-20/h1-3,7-8,12-15,21,23,26H,4-6,9-11,16-18H2,(H,27,28)/t21-,23+/m0/s1. The molecule has 2 N–H and O–H groups in total. The van der Waals surface area contributed by atoms with Gasteiger partial charge in [-0.15, -0.1) is 0 Å². The van der Waals surface area contributed by atoms with Crippen LogP contribution in [0.5, 0.6) is 0 Å². The van der Waals surface area contributed by atoms with Crippen molar-refractivity contribution in [2.75, 3.05) is 13.1 Å². The number of rotatable bonds is 9. The molecule has 0 saturated heterocycles. The van der Waals surface area contributed by atoms with Crippen molar-refractivity contribution in [1.82, 2.24) is 10.6 Å². The topological polar surface area (TPSA) is 50.4 Å². The molecule has 1 aliphatic rings. The number of alkyl carbamates (subject to hydrolysis) is 1. The quantitative estimate of drug-likeness (QED) is 0.595. The minimum atomic E-state index is -0.331. The van der Waals surface area contributed by atoms with Gasteiger partial charge in [0.1, 0.15) is 12.4 Å². The number of amides is 1. The van der Waals surface area contributed by atoms with Gasteiger partial charge in [-0.25, -0.2) is 9.18 Å². The van der Waals surface area contributed by atoms with Crippen LogP contribution in [0.3, 0.4) is 0 Å². The number of halogens is 1. The molecule has 1 saturated carbocycles. The number of ether oxygens (including phenoxy) is 1. The van der Waals surface area contributed by atoms with Crippen LogP contribution in [-0.4, -0.2) is 25.2 Å². The van der Waals surface area contributed by atoms with Gasteiger partial charge in [0.25, 0.3) is 0 Å². The summed E-state index contributed by atoms with van der Waals surface area (Å²) < 4.78 is 18.3. The van der Waals surface area contributed by atoms with Gasteiger partial charge in [0, 0.05) is 6.04 Å². The molecule has 1 fully saturated rings. The van der Waals surface area contributed by atoms with Crippen LogP contribution >= 0.6 is 0 Å². The van der Waals surface area contributed by atoms with E-state index < -0.39 is 0 Å². The van der Waals surface area contributed by atoms with Gasteiger partial charge in [0.15, 0.2) is 0 Å². The van der Waals surface area contributed by atoms with Gasteiger partial charge in [0.05, 0.1) is 0 Å². The summed E-state index contributed by atoms with van der Waals surface area (Å²) in [4.78, 5) is 12.2. The molecule has 29 heavy (non-hydrogen) atoms. The molecule has 2 aromatic rings. The molecule has 1 amide bonds. The molecule has 2 atom stereocenters. The number of benzene rings is 2. The van der Waals surface area contributed by atoms with Crippen molar-refractivity contribution in [2.45, 2.75) is 51.2 Å². The lowest BCUT2D eigenvalue weighted by molar-refractivity contribution is 0.126. The molecule has 3 rings (SSSR count). The highest BCUT2D eigenvalue weighted by molar-refractivity contribution is 5.67. The Balaban J connectivity index is 1.35. The largest absolute Gasteiger partial charge is 0.445 e. The van der Waals surface area contributed by atoms with Crippen molar-refractivity contribution in [3.05, 3.63) is 71.5 Å². The molecule has 2 aromatic carbocycles. The first-order valence-electron chi connectivity index (χ1n) is 10.6. The van der Waals surface area contributed by atoms with Gasteiger partial charge in [-0.2, -0.15) is 0 Å². The molecule has 0 aliphatic heterocycles. The van der Waals surface area contributed by atoms with Gasteiger partial charge in [-0.1, -0.05) is 55.3 Å². The molecule has 0 unspecified atom stereocenters. The molecular formula is C24H31FN2O2. The highest BCUT2D eigenvalue weighted by Crippen LogP contribution is 2.24. The third-order valence-electron chi connectivity index (χ3n) is 5.56. The number of hydrogen-bond donors (Lipinski definition) is 2. The fraction of sp³-hybridized carbons (Fsp3) is 0.458. The van der Waals surface area contributed by atoms with Crippen LogP contribution in [-0.2, 0) is 17.8 Å². The van der Waals surface area contributed by atoms with E-state index in [9.17, 15) is 9.18 Å². The number of carbonyl (C=O) groups is 1. The fourth-order valence-corrected chi connectivity index (χ4v) is 3.91. The van der Waals surface area contributed by atoms with Crippen molar-refractivity contribution < 1.29 is 13.9 Å². The molecule has 0 radical (unpaired) electrons. The lowest BCUT2D eigenvalue weighted by Gasteiger charge is -2.32. The summed E-state index contributed by atoms with van der Waals surface area (Å²) in [6.45, 7) is 2.11. The lowest BCUT2D eigenvalue weighted by atomic mass is 9.84. The molecule has 0 spiro atoms. The van der Waals surface area contributed by atoms with E-state index in [1.165, 1.54) is 18.6 Å². The summed E-state index contributed by atoms with van der Waals surface area (Å²) >= 11 is 0. The minimum Gasteiger partial charge on any atom is -0.445 e. The van der Waals surface area contributed by atoms with Crippen molar-refractivity contribution in [3.8, 4) is 0 Å². The Bertz CT molecular complexity index is 736. The van der Waals surface area contributed by atoms with E-state index in [1.54, 1.807) is 0 Å². The SMILES string of the molecule is O=C(N[C@@H]1CCCC[C@H]1CNCCCc1ccc(F)cc1)OCc1ccccc1. The molecule has 1 aliphatic carbocycles. The van der Waals surface area contributed by atoms with Gasteiger partial charge in [-0.05, 0) is 68.0 Å². The first-order valence-corrected chi connectivity index (χ1v) is 10.6. The van der Waals surface area contributed by atoms with Crippen LogP contribution in [0.1, 0.15) is 43.2 Å². The van der Waals surface area contributed by atoms with Gasteiger partial charge < -0.3 is 15.4 Å². The fourth-order valence-electron chi connectivity index (χ4n) is 3.91. The van der Waals surface area contributed by atoms with E-state index in [2.05, 4.69) is 10.6 Å². The normalized spacial score (nSPS) is 18.9. The first-order chi connectivity index (χ1) is 14.2. The Kier molecular flexibility index (Phi) is 8.50. The Labute approximate surface area is 172 Å². The maximum atomic E-state index is 12.9. The van der Waals surface area contributed by atoms with E-state index in [4.69, 9.17) is 4.74 Å². The predicted molar refractivity (Wildman–Crippen MR) is 113 cm³/mol. The molecule has 5 heteroatoms. The lowest BCUT2D eigenvalue weighted by Crippen LogP contribution is -2.45. The van der Waals surface area contributed by atoms with Crippen molar-refractivity contribution >= 4 is 6.09 Å². The summed E-state index contributed by atoms with van der Waals surface area (Å²) in [5, 5.41) is 6.61. The van der Waals surface area contributed by atoms with Gasteiger partial charge >= 0.3 is 6.09 Å². The Hall–Kier alpha value is -2.40. The monoisotopic (exact) mass is 398 g/mol. The third kappa shape index (κ3) is 7.50. The number of nitrogens with one attached hydrogen (secondary N) is 2. The van der Waals surface area contributed by atoms with Crippen molar-refractivity contribution in [1.29, 1.82) is 0 Å². The average Bonchev–Trinajstić information content (AvgIpc) is 2.75. The predicted octanol–water partition coefficient (Wildman–Crippen LogP) is 4.83.